The fraction of sp³-hybridized carbons (Fsp3) is 0.169. The van der Waals surface area contributed by atoms with Crippen molar-refractivity contribution in [1.29, 1.82) is 0 Å². The smallest absolute Gasteiger partial charge is 0.241 e. The molecule has 0 amide bonds. The summed E-state index contributed by atoms with van der Waals surface area (Å²) in [5.41, 5.74) is 4.65. The molecule has 11 aromatic rings. The lowest BCUT2D eigenvalue weighted by atomic mass is 9.77. The third-order valence-corrected chi connectivity index (χ3v) is 17.5. The van der Waals surface area contributed by atoms with Gasteiger partial charge < -0.3 is 19.5 Å². The summed E-state index contributed by atoms with van der Waals surface area (Å²) in [6, 6.07) is 90.1. The maximum atomic E-state index is 17.7. The van der Waals surface area contributed by atoms with E-state index in [1.54, 1.807) is 24.7 Å². The molecule has 9 aromatic carbocycles. The van der Waals surface area contributed by atoms with Crippen LogP contribution in [0.1, 0.15) is 70.1 Å². The summed E-state index contributed by atoms with van der Waals surface area (Å²) in [5.74, 6) is 0.418. The number of hydrogen-bond acceptors (Lipinski definition) is 9. The van der Waals surface area contributed by atoms with E-state index in [1.807, 2.05) is 237 Å². The fourth-order valence-electron chi connectivity index (χ4n) is 12.0. The van der Waals surface area contributed by atoms with Crippen LogP contribution in [0.25, 0.3) is 11.2 Å². The summed E-state index contributed by atoms with van der Waals surface area (Å²) in [6.07, 6.45) is -2.18. The fourth-order valence-corrected chi connectivity index (χ4v) is 13.2. The predicted octanol–water partition coefficient (Wildman–Crippen LogP) is 15.6. The molecule has 1 aliphatic rings. The lowest BCUT2D eigenvalue weighted by molar-refractivity contribution is -0.121. The number of imidazole rings is 1. The summed E-state index contributed by atoms with van der Waals surface area (Å²) in [4.78, 5) is 15.1. The number of fused-ring (bicyclic) bond motifs is 1. The Bertz CT molecular complexity index is 3550. The van der Waals surface area contributed by atoms with Crippen LogP contribution in [0.4, 0.5) is 13.6 Å². The first-order valence-electron chi connectivity index (χ1n) is 28.4. The van der Waals surface area contributed by atoms with Crippen LogP contribution in [0.5, 0.6) is 0 Å². The lowest BCUT2D eigenvalue weighted by Gasteiger charge is -2.42. The molecule has 4 atom stereocenters. The van der Waals surface area contributed by atoms with Gasteiger partial charge in [-0.3, -0.25) is 8.75 Å². The van der Waals surface area contributed by atoms with Crippen LogP contribution in [-0.4, -0.2) is 61.8 Å². The van der Waals surface area contributed by atoms with Gasteiger partial charge in [-0.2, -0.15) is 4.31 Å². The monoisotopic (exact) mass is 1130 g/mol. The van der Waals surface area contributed by atoms with Crippen molar-refractivity contribution in [3.8, 4) is 0 Å². The topological polar surface area (TPSA) is 95.8 Å². The van der Waals surface area contributed by atoms with Crippen LogP contribution in [0.3, 0.4) is 0 Å². The normalized spacial score (nSPS) is 16.9. The zero-order chi connectivity index (χ0) is 57.4. The van der Waals surface area contributed by atoms with Crippen molar-refractivity contribution in [2.24, 2.45) is 0 Å². The molecule has 0 radical (unpaired) electrons. The van der Waals surface area contributed by atoms with E-state index >= 15 is 7.77 Å². The summed E-state index contributed by atoms with van der Waals surface area (Å²) in [5, 5.41) is 3.91. The molecule has 10 nitrogen and oxygen atoms in total. The van der Waals surface area contributed by atoms with Crippen molar-refractivity contribution in [1.82, 2.24) is 23.8 Å². The molecule has 1 aliphatic heterocycles. The Morgan fingerprint density at radius 1 is 0.476 bits per heavy atom. The van der Waals surface area contributed by atoms with E-state index in [1.165, 1.54) is 6.33 Å². The highest BCUT2D eigenvalue weighted by Crippen LogP contribution is 2.60. The molecule has 0 saturated carbocycles. The Morgan fingerprint density at radius 3 is 1.20 bits per heavy atom. The molecule has 0 aliphatic carbocycles. The molecular formula is C71H64F2N6O4S. The van der Waals surface area contributed by atoms with Gasteiger partial charge in [0.15, 0.2) is 23.2 Å². The number of anilines is 1. The number of rotatable bonds is 22. The first kappa shape index (κ1) is 55.9. The van der Waals surface area contributed by atoms with Crippen LogP contribution in [0.2, 0.25) is 0 Å². The molecule has 0 bridgehead atoms. The lowest BCUT2D eigenvalue weighted by Crippen LogP contribution is -2.46. The number of hydrogen-bond donors (Lipinski definition) is 1. The molecular weight excluding hydrogens is 1070 g/mol. The Balaban J connectivity index is 1.08. The van der Waals surface area contributed by atoms with E-state index in [-0.39, 0.29) is 19.7 Å². The molecule has 2 aromatic heterocycles. The second-order valence-electron chi connectivity index (χ2n) is 20.6. The molecule has 3 heterocycles. The number of nitrogens with one attached hydrogen (secondary N) is 1. The Morgan fingerprint density at radius 2 is 0.833 bits per heavy atom. The average molecular weight is 1140 g/mol. The number of ether oxygens (including phenoxy) is 3. The Labute approximate surface area is 491 Å². The molecule has 13 heteroatoms. The second kappa shape index (κ2) is 24.7. The van der Waals surface area contributed by atoms with Gasteiger partial charge in [0.05, 0.1) is 12.9 Å². The van der Waals surface area contributed by atoms with Crippen molar-refractivity contribution in [3.05, 3.63) is 336 Å². The standard InChI is InChI=1S/C71H64F2N6O4S/c1-3-78(4-2)84(72,73)83-64-62(50-80-70(56-38-20-8-21-39-56,57-40-22-9-23-41-57)58-42-24-10-25-43-58)81-68(65(64)82-71(59-44-26-11-27-45-59,60-46-28-12-29-47-60)61-48-30-13-31-49-61)79-52-76-63-66(74-51-75-67(63)79)77-69(53-32-14-5-15-33-53,54-34-16-6-17-35-54)55-36-18-7-19-37-55/h5-49,51-52,62,64-65,68H,3-4,50H2,1-2H3,(H,74,75,77)/t62-,64+,65-,68-/m1/s1. The van der Waals surface area contributed by atoms with Crippen LogP contribution in [0.15, 0.2) is 286 Å². The third-order valence-electron chi connectivity index (χ3n) is 15.9. The van der Waals surface area contributed by atoms with E-state index in [0.717, 1.165) is 54.4 Å². The number of halogens is 2. The van der Waals surface area contributed by atoms with Gasteiger partial charge in [0, 0.05) is 13.1 Å². The van der Waals surface area contributed by atoms with Gasteiger partial charge in [-0.25, -0.2) is 15.0 Å². The van der Waals surface area contributed by atoms with Gasteiger partial charge >= 0.3 is 0 Å². The van der Waals surface area contributed by atoms with Gasteiger partial charge in [0.1, 0.15) is 41.4 Å². The molecule has 0 spiro atoms. The SMILES string of the molecule is CCN(CC)S(F)(F)O[C@@H]1[C@@H](OC(c2ccccc2)(c2ccccc2)c2ccccc2)[C@H](n2cnc3c(NC(c4ccccc4)(c4ccccc4)c4ccccc4)ncnc32)O[C@@H]1COC(c1ccccc1)(c1ccccc1)c1ccccc1. The van der Waals surface area contributed by atoms with Crippen molar-refractivity contribution in [3.63, 3.8) is 0 Å². The van der Waals surface area contributed by atoms with Crippen molar-refractivity contribution in [2.75, 3.05) is 25.0 Å². The van der Waals surface area contributed by atoms with E-state index in [2.05, 4.69) is 41.7 Å². The largest absolute Gasteiger partial charge is 0.358 e. The van der Waals surface area contributed by atoms with E-state index in [4.69, 9.17) is 33.3 Å². The van der Waals surface area contributed by atoms with Crippen molar-refractivity contribution < 1.29 is 26.2 Å². The van der Waals surface area contributed by atoms with Crippen LogP contribution in [-0.2, 0) is 35.1 Å². The van der Waals surface area contributed by atoms with E-state index in [9.17, 15) is 0 Å². The molecule has 422 valence electrons. The second-order valence-corrected chi connectivity index (χ2v) is 22.1. The van der Waals surface area contributed by atoms with Crippen molar-refractivity contribution >= 4 is 28.2 Å². The van der Waals surface area contributed by atoms with Gasteiger partial charge in [-0.05, 0) is 50.1 Å². The van der Waals surface area contributed by atoms with Crippen LogP contribution in [0, 0.1) is 0 Å². The van der Waals surface area contributed by atoms with Crippen molar-refractivity contribution in [2.45, 2.75) is 55.1 Å². The number of benzene rings is 9. The zero-order valence-corrected chi connectivity index (χ0v) is 47.4. The number of nitrogens with zero attached hydrogens (tertiary/aromatic N) is 5. The maximum Gasteiger partial charge on any atom is 0.241 e. The highest BCUT2D eigenvalue weighted by molar-refractivity contribution is 8.19. The molecule has 0 unspecified atom stereocenters. The minimum absolute atomic E-state index is 0.0267. The third kappa shape index (κ3) is 10.5. The molecule has 84 heavy (non-hydrogen) atoms. The zero-order valence-electron chi connectivity index (χ0n) is 46.6. The van der Waals surface area contributed by atoms with Gasteiger partial charge in [0.2, 0.25) is 11.3 Å². The number of aromatic nitrogens is 4. The van der Waals surface area contributed by atoms with E-state index < -0.39 is 52.5 Å². The molecule has 1 N–H and O–H groups in total. The Hall–Kier alpha value is -8.66. The molecule has 1 saturated heterocycles. The van der Waals surface area contributed by atoms with Gasteiger partial charge in [0.25, 0.3) is 0 Å². The summed E-state index contributed by atoms with van der Waals surface area (Å²) >= 11 is -5.02. The summed E-state index contributed by atoms with van der Waals surface area (Å²) in [7, 11) is 0. The minimum Gasteiger partial charge on any atom is -0.358 e. The highest BCUT2D eigenvalue weighted by atomic mass is 32.3. The van der Waals surface area contributed by atoms with E-state index in [0.29, 0.717) is 17.0 Å². The minimum atomic E-state index is -5.02. The maximum absolute atomic E-state index is 17.7. The Kier molecular flexibility index (Phi) is 16.4. The highest BCUT2D eigenvalue weighted by Gasteiger charge is 2.57. The first-order chi connectivity index (χ1) is 41.3. The van der Waals surface area contributed by atoms with Crippen LogP contribution < -0.4 is 5.32 Å². The average Bonchev–Trinajstić information content (AvgIpc) is 2.24. The molecule has 12 rings (SSSR count). The van der Waals surface area contributed by atoms with Gasteiger partial charge in [-0.1, -0.05) is 287 Å². The quantitative estimate of drug-likeness (QED) is 0.0666. The first-order valence-corrected chi connectivity index (χ1v) is 29.7. The molecule has 1 fully saturated rings. The summed E-state index contributed by atoms with van der Waals surface area (Å²) < 4.78 is 67.8. The predicted molar refractivity (Wildman–Crippen MR) is 329 cm³/mol. The summed E-state index contributed by atoms with van der Waals surface area (Å²) in [6.45, 7) is 3.23. The van der Waals surface area contributed by atoms with Gasteiger partial charge in [-0.15, -0.1) is 7.77 Å². The van der Waals surface area contributed by atoms with Crippen LogP contribution >= 0.6 is 11.3 Å².